The van der Waals surface area contributed by atoms with E-state index in [9.17, 15) is 14.9 Å². The Kier molecular flexibility index (Phi) is 6.36. The van der Waals surface area contributed by atoms with Crippen LogP contribution in [-0.4, -0.2) is 40.3 Å². The van der Waals surface area contributed by atoms with Crippen LogP contribution in [0.1, 0.15) is 21.5 Å². The Labute approximate surface area is 167 Å². The quantitative estimate of drug-likeness (QED) is 0.591. The van der Waals surface area contributed by atoms with E-state index >= 15 is 0 Å². The van der Waals surface area contributed by atoms with Crippen LogP contribution in [-0.2, 0) is 6.54 Å². The third kappa shape index (κ3) is 5.00. The van der Waals surface area contributed by atoms with E-state index in [2.05, 4.69) is 16.3 Å². The minimum Gasteiger partial charge on any atom is -0.322 e. The number of nitro benzene ring substituents is 1. The maximum absolute atomic E-state index is 12.5. The van der Waals surface area contributed by atoms with Gasteiger partial charge in [-0.05, 0) is 36.2 Å². The first-order valence-corrected chi connectivity index (χ1v) is 10.1. The zero-order valence-electron chi connectivity index (χ0n) is 14.9. The highest BCUT2D eigenvalue weighted by Crippen LogP contribution is 2.26. The number of carbonyl (C=O) groups excluding carboxylic acids is 1. The molecule has 6 nitrogen and oxygen atoms in total. The molecule has 2 aromatic rings. The molecule has 0 atom stereocenters. The first kappa shape index (κ1) is 19.7. The summed E-state index contributed by atoms with van der Waals surface area (Å²) >= 11 is 7.78. The van der Waals surface area contributed by atoms with Gasteiger partial charge in [0.05, 0.1) is 4.92 Å². The maximum atomic E-state index is 12.5. The molecule has 0 aliphatic carbocycles. The van der Waals surface area contributed by atoms with E-state index in [4.69, 9.17) is 11.6 Å². The molecule has 0 spiro atoms. The van der Waals surface area contributed by atoms with E-state index in [1.807, 2.05) is 30.8 Å². The highest BCUT2D eigenvalue weighted by Gasteiger charge is 2.17. The molecule has 1 fully saturated rings. The third-order valence-corrected chi connectivity index (χ3v) is 5.72. The van der Waals surface area contributed by atoms with Crippen molar-refractivity contribution in [1.29, 1.82) is 0 Å². The highest BCUT2D eigenvalue weighted by atomic mass is 35.5. The van der Waals surface area contributed by atoms with E-state index in [0.717, 1.165) is 25.2 Å². The molecular formula is C19H20ClN3O3S. The topological polar surface area (TPSA) is 75.5 Å². The summed E-state index contributed by atoms with van der Waals surface area (Å²) in [6, 6.07) is 9.99. The number of nitro groups is 1. The number of benzene rings is 2. The minimum atomic E-state index is -0.599. The number of nitrogens with zero attached hydrogens (tertiary/aromatic N) is 2. The van der Waals surface area contributed by atoms with Crippen molar-refractivity contribution in [1.82, 2.24) is 4.90 Å². The second kappa shape index (κ2) is 8.73. The number of hydrogen-bond acceptors (Lipinski definition) is 5. The van der Waals surface area contributed by atoms with Gasteiger partial charge in [-0.25, -0.2) is 0 Å². The summed E-state index contributed by atoms with van der Waals surface area (Å²) in [5.74, 6) is 1.93. The summed E-state index contributed by atoms with van der Waals surface area (Å²) in [5, 5.41) is 13.8. The Morgan fingerprint density at radius 2 is 2.00 bits per heavy atom. The van der Waals surface area contributed by atoms with Gasteiger partial charge in [-0.15, -0.1) is 0 Å². The lowest BCUT2D eigenvalue weighted by molar-refractivity contribution is -0.384. The monoisotopic (exact) mass is 405 g/mol. The van der Waals surface area contributed by atoms with Gasteiger partial charge in [-0.2, -0.15) is 11.8 Å². The zero-order chi connectivity index (χ0) is 19.4. The van der Waals surface area contributed by atoms with Gasteiger partial charge in [-0.3, -0.25) is 19.8 Å². The predicted molar refractivity (Wildman–Crippen MR) is 110 cm³/mol. The van der Waals surface area contributed by atoms with Crippen LogP contribution in [0.15, 0.2) is 36.4 Å². The first-order chi connectivity index (χ1) is 12.9. The van der Waals surface area contributed by atoms with Gasteiger partial charge in [0, 0.05) is 48.5 Å². The fourth-order valence-electron chi connectivity index (χ4n) is 2.97. The van der Waals surface area contributed by atoms with Gasteiger partial charge in [0.25, 0.3) is 11.6 Å². The van der Waals surface area contributed by atoms with Crippen molar-refractivity contribution < 1.29 is 9.72 Å². The third-order valence-electron chi connectivity index (χ3n) is 4.45. The van der Waals surface area contributed by atoms with Crippen molar-refractivity contribution in [3.05, 3.63) is 68.2 Å². The van der Waals surface area contributed by atoms with Crippen molar-refractivity contribution in [3.63, 3.8) is 0 Å². The molecule has 2 aromatic carbocycles. The zero-order valence-corrected chi connectivity index (χ0v) is 16.5. The Hall–Kier alpha value is -2.09. The molecule has 27 heavy (non-hydrogen) atoms. The van der Waals surface area contributed by atoms with Crippen molar-refractivity contribution in [2.24, 2.45) is 0 Å². The molecule has 0 unspecified atom stereocenters. The number of aryl methyl sites for hydroxylation is 1. The molecule has 0 saturated carbocycles. The van der Waals surface area contributed by atoms with Crippen LogP contribution in [0, 0.1) is 17.0 Å². The standard InChI is InChI=1S/C19H20ClN3O3S/c1-13-10-14(12-22-6-8-27-9-7-22)2-5-17(13)21-19(24)15-3-4-16(20)18(11-15)23(25)26/h2-5,10-11H,6-9,12H2,1H3,(H,21,24). The van der Waals surface area contributed by atoms with Crippen molar-refractivity contribution in [2.45, 2.75) is 13.5 Å². The van der Waals surface area contributed by atoms with Crippen LogP contribution >= 0.6 is 23.4 Å². The number of nitrogens with one attached hydrogen (secondary N) is 1. The average molecular weight is 406 g/mol. The molecule has 1 aliphatic heterocycles. The summed E-state index contributed by atoms with van der Waals surface area (Å²) in [5.41, 5.74) is 2.77. The smallest absolute Gasteiger partial charge is 0.288 e. The lowest BCUT2D eigenvalue weighted by atomic mass is 10.1. The Morgan fingerprint density at radius 3 is 2.67 bits per heavy atom. The Bertz CT molecular complexity index is 869. The summed E-state index contributed by atoms with van der Waals surface area (Å²) in [6.07, 6.45) is 0. The minimum absolute atomic E-state index is 0.00759. The van der Waals surface area contributed by atoms with E-state index in [0.29, 0.717) is 5.69 Å². The SMILES string of the molecule is Cc1cc(CN2CCSCC2)ccc1NC(=O)c1ccc(Cl)c([N+](=O)[O-])c1. The normalized spacial score (nSPS) is 14.7. The van der Waals surface area contributed by atoms with Crippen LogP contribution in [0.4, 0.5) is 11.4 Å². The molecule has 3 rings (SSSR count). The number of anilines is 1. The van der Waals surface area contributed by atoms with E-state index in [1.54, 1.807) is 0 Å². The van der Waals surface area contributed by atoms with Gasteiger partial charge in [0.2, 0.25) is 0 Å². The average Bonchev–Trinajstić information content (AvgIpc) is 2.65. The first-order valence-electron chi connectivity index (χ1n) is 8.59. The van der Waals surface area contributed by atoms with Crippen LogP contribution in [0.25, 0.3) is 0 Å². The maximum Gasteiger partial charge on any atom is 0.288 e. The summed E-state index contributed by atoms with van der Waals surface area (Å²) in [6.45, 7) is 5.03. The largest absolute Gasteiger partial charge is 0.322 e. The molecule has 0 bridgehead atoms. The second-order valence-corrected chi connectivity index (χ2v) is 8.05. The number of hydrogen-bond donors (Lipinski definition) is 1. The van der Waals surface area contributed by atoms with Gasteiger partial charge in [0.15, 0.2) is 0 Å². The van der Waals surface area contributed by atoms with E-state index in [-0.39, 0.29) is 16.3 Å². The van der Waals surface area contributed by atoms with Crippen LogP contribution in [0.3, 0.4) is 0 Å². The second-order valence-electron chi connectivity index (χ2n) is 6.42. The molecule has 8 heteroatoms. The van der Waals surface area contributed by atoms with Gasteiger partial charge in [0.1, 0.15) is 5.02 Å². The van der Waals surface area contributed by atoms with Gasteiger partial charge < -0.3 is 5.32 Å². The van der Waals surface area contributed by atoms with Crippen molar-refractivity contribution in [3.8, 4) is 0 Å². The number of rotatable bonds is 5. The Balaban J connectivity index is 1.70. The molecular weight excluding hydrogens is 386 g/mol. The van der Waals surface area contributed by atoms with Crippen LogP contribution < -0.4 is 5.32 Å². The van der Waals surface area contributed by atoms with Crippen molar-refractivity contribution >= 4 is 40.6 Å². The van der Waals surface area contributed by atoms with Crippen LogP contribution in [0.2, 0.25) is 5.02 Å². The van der Waals surface area contributed by atoms with E-state index < -0.39 is 10.8 Å². The molecule has 1 heterocycles. The number of carbonyl (C=O) groups is 1. The lowest BCUT2D eigenvalue weighted by Crippen LogP contribution is -2.31. The number of halogens is 1. The van der Waals surface area contributed by atoms with Gasteiger partial charge in [-0.1, -0.05) is 23.7 Å². The number of amides is 1. The molecule has 1 amide bonds. The fraction of sp³-hybridized carbons (Fsp3) is 0.316. The number of thioether (sulfide) groups is 1. The summed E-state index contributed by atoms with van der Waals surface area (Å²) in [4.78, 5) is 25.3. The van der Waals surface area contributed by atoms with Crippen LogP contribution in [0.5, 0.6) is 0 Å². The molecule has 0 radical (unpaired) electrons. The lowest BCUT2D eigenvalue weighted by Gasteiger charge is -2.26. The molecule has 1 aliphatic rings. The molecule has 0 aromatic heterocycles. The van der Waals surface area contributed by atoms with Crippen molar-refractivity contribution in [2.75, 3.05) is 29.9 Å². The summed E-state index contributed by atoms with van der Waals surface area (Å²) in [7, 11) is 0. The fourth-order valence-corrected chi connectivity index (χ4v) is 4.14. The Morgan fingerprint density at radius 1 is 1.26 bits per heavy atom. The predicted octanol–water partition coefficient (Wildman–Crippen LogP) is 4.36. The molecule has 1 N–H and O–H groups in total. The van der Waals surface area contributed by atoms with Gasteiger partial charge >= 0.3 is 0 Å². The molecule has 1 saturated heterocycles. The summed E-state index contributed by atoms with van der Waals surface area (Å²) < 4.78 is 0. The highest BCUT2D eigenvalue weighted by molar-refractivity contribution is 7.99. The molecule has 142 valence electrons. The van der Waals surface area contributed by atoms with E-state index in [1.165, 1.54) is 35.3 Å².